The van der Waals surface area contributed by atoms with E-state index in [1.807, 2.05) is 10.8 Å². The van der Waals surface area contributed by atoms with E-state index in [-0.39, 0.29) is 5.57 Å². The number of amides is 1. The van der Waals surface area contributed by atoms with Gasteiger partial charge in [-0.3, -0.25) is 9.59 Å². The maximum Gasteiger partial charge on any atom is 0.290 e. The van der Waals surface area contributed by atoms with E-state index in [0.29, 0.717) is 35.9 Å². The molecule has 1 aromatic carbocycles. The van der Waals surface area contributed by atoms with Gasteiger partial charge >= 0.3 is 0 Å². The van der Waals surface area contributed by atoms with Gasteiger partial charge in [0.2, 0.25) is 0 Å². The number of ketones is 1. The number of carbonyl (C=O) groups is 2. The Bertz CT molecular complexity index is 1130. The Hall–Kier alpha value is -3.58. The maximum absolute atomic E-state index is 13.0. The largest absolute Gasteiger partial charge is 0.503 e. The van der Waals surface area contributed by atoms with Crippen LogP contribution in [0.1, 0.15) is 23.8 Å². The lowest BCUT2D eigenvalue weighted by molar-refractivity contribution is -0.129. The fourth-order valence-electron chi connectivity index (χ4n) is 3.64. The monoisotopic (exact) mass is 437 g/mol. The molecule has 4 rings (SSSR count). The molecular weight excluding hydrogens is 418 g/mol. The zero-order chi connectivity index (χ0) is 21.8. The van der Waals surface area contributed by atoms with Crippen LogP contribution in [0.25, 0.3) is 6.08 Å². The molecule has 0 fully saturated rings. The van der Waals surface area contributed by atoms with E-state index in [1.54, 1.807) is 48.9 Å². The summed E-state index contributed by atoms with van der Waals surface area (Å²) >= 11 is 6.17. The van der Waals surface area contributed by atoms with E-state index in [1.165, 1.54) is 23.3 Å². The number of aliphatic hydroxyl groups is 1. The van der Waals surface area contributed by atoms with Crippen molar-refractivity contribution in [1.29, 1.82) is 0 Å². The highest BCUT2D eigenvalue weighted by atomic mass is 35.5. The molecule has 3 heterocycles. The van der Waals surface area contributed by atoms with E-state index in [2.05, 4.69) is 4.98 Å². The van der Waals surface area contributed by atoms with Crippen molar-refractivity contribution in [1.82, 2.24) is 14.5 Å². The number of hydrogen-bond acceptors (Lipinski definition) is 5. The lowest BCUT2D eigenvalue weighted by atomic mass is 9.95. The highest BCUT2D eigenvalue weighted by Gasteiger charge is 2.42. The van der Waals surface area contributed by atoms with Gasteiger partial charge in [0.05, 0.1) is 24.2 Å². The fraction of sp³-hybridized carbons (Fsp3) is 0.174. The van der Waals surface area contributed by atoms with Crippen LogP contribution in [0.2, 0.25) is 5.02 Å². The SMILES string of the molecule is O=C(C=Cc1ccco1)C1=C(O)C(=O)N(CCCn2ccnc2)C1c1cccc(Cl)c1. The third-order valence-electron chi connectivity index (χ3n) is 5.05. The Labute approximate surface area is 183 Å². The quantitative estimate of drug-likeness (QED) is 0.533. The molecule has 1 atom stereocenters. The van der Waals surface area contributed by atoms with Gasteiger partial charge in [-0.25, -0.2) is 4.98 Å². The number of imidazole rings is 1. The van der Waals surface area contributed by atoms with Crippen LogP contribution in [0.3, 0.4) is 0 Å². The van der Waals surface area contributed by atoms with E-state index in [9.17, 15) is 14.7 Å². The molecule has 0 saturated carbocycles. The number of rotatable bonds is 8. The van der Waals surface area contributed by atoms with Gasteiger partial charge in [0, 0.05) is 30.5 Å². The molecular formula is C23H20ClN3O4. The van der Waals surface area contributed by atoms with Gasteiger partial charge in [-0.15, -0.1) is 0 Å². The van der Waals surface area contributed by atoms with Crippen molar-refractivity contribution in [2.24, 2.45) is 0 Å². The molecule has 0 spiro atoms. The number of aryl methyl sites for hydroxylation is 1. The average Bonchev–Trinajstić information content (AvgIpc) is 3.50. The second kappa shape index (κ2) is 9.06. The summed E-state index contributed by atoms with van der Waals surface area (Å²) in [4.78, 5) is 31.4. The zero-order valence-electron chi connectivity index (χ0n) is 16.5. The van der Waals surface area contributed by atoms with Crippen LogP contribution in [-0.4, -0.2) is 37.8 Å². The molecule has 0 saturated heterocycles. The number of aromatic nitrogens is 2. The summed E-state index contributed by atoms with van der Waals surface area (Å²) in [5.74, 6) is -1.09. The van der Waals surface area contributed by atoms with Gasteiger partial charge in [-0.05, 0) is 48.4 Å². The number of aliphatic hydroxyl groups excluding tert-OH is 1. The van der Waals surface area contributed by atoms with Crippen LogP contribution in [-0.2, 0) is 16.1 Å². The molecule has 0 aliphatic carbocycles. The van der Waals surface area contributed by atoms with Crippen molar-refractivity contribution < 1.29 is 19.1 Å². The molecule has 1 amide bonds. The first-order valence-corrected chi connectivity index (χ1v) is 10.1. The summed E-state index contributed by atoms with van der Waals surface area (Å²) in [5.41, 5.74) is 0.681. The molecule has 2 aromatic heterocycles. The van der Waals surface area contributed by atoms with Crippen molar-refractivity contribution in [3.05, 3.63) is 95.1 Å². The van der Waals surface area contributed by atoms with Crippen molar-refractivity contribution in [2.75, 3.05) is 6.54 Å². The number of halogens is 1. The molecule has 1 aliphatic heterocycles. The van der Waals surface area contributed by atoms with Crippen molar-refractivity contribution >= 4 is 29.4 Å². The smallest absolute Gasteiger partial charge is 0.290 e. The third kappa shape index (κ3) is 4.46. The number of benzene rings is 1. The predicted octanol–water partition coefficient (Wildman–Crippen LogP) is 4.20. The van der Waals surface area contributed by atoms with E-state index >= 15 is 0 Å². The number of hydrogen-bond donors (Lipinski definition) is 1. The summed E-state index contributed by atoms with van der Waals surface area (Å²) in [6.45, 7) is 0.991. The Morgan fingerprint density at radius 2 is 2.13 bits per heavy atom. The predicted molar refractivity (Wildman–Crippen MR) is 115 cm³/mol. The van der Waals surface area contributed by atoms with E-state index in [4.69, 9.17) is 16.0 Å². The molecule has 1 unspecified atom stereocenters. The summed E-state index contributed by atoms with van der Waals surface area (Å²) in [5, 5.41) is 11.1. The molecule has 31 heavy (non-hydrogen) atoms. The summed E-state index contributed by atoms with van der Waals surface area (Å²) in [6.07, 6.45) is 10.1. The van der Waals surface area contributed by atoms with Crippen molar-refractivity contribution in [3.63, 3.8) is 0 Å². The van der Waals surface area contributed by atoms with Crippen LogP contribution in [0.5, 0.6) is 0 Å². The third-order valence-corrected chi connectivity index (χ3v) is 5.29. The number of allylic oxidation sites excluding steroid dienone is 1. The standard InChI is InChI=1S/C23H20ClN3O4/c24-17-5-1-4-16(14-17)21-20(19(28)8-7-18-6-2-13-31-18)22(29)23(30)27(21)11-3-10-26-12-9-25-15-26/h1-2,4-9,12-15,21,29H,3,10-11H2. The lowest BCUT2D eigenvalue weighted by Crippen LogP contribution is -2.32. The zero-order valence-corrected chi connectivity index (χ0v) is 17.3. The molecule has 3 aromatic rings. The van der Waals surface area contributed by atoms with Crippen LogP contribution in [0, 0.1) is 0 Å². The van der Waals surface area contributed by atoms with Gasteiger partial charge < -0.3 is 19.0 Å². The number of nitrogens with zero attached hydrogens (tertiary/aromatic N) is 3. The van der Waals surface area contributed by atoms with Gasteiger partial charge in [0.1, 0.15) is 5.76 Å². The average molecular weight is 438 g/mol. The van der Waals surface area contributed by atoms with Gasteiger partial charge in [-0.1, -0.05) is 23.7 Å². The summed E-state index contributed by atoms with van der Waals surface area (Å²) in [7, 11) is 0. The summed E-state index contributed by atoms with van der Waals surface area (Å²) < 4.78 is 7.11. The number of carbonyl (C=O) groups excluding carboxylic acids is 2. The minimum atomic E-state index is -0.734. The molecule has 7 nitrogen and oxygen atoms in total. The minimum Gasteiger partial charge on any atom is -0.503 e. The van der Waals surface area contributed by atoms with E-state index in [0.717, 1.165) is 0 Å². The second-order valence-corrected chi connectivity index (χ2v) is 7.52. The lowest BCUT2D eigenvalue weighted by Gasteiger charge is -2.26. The maximum atomic E-state index is 13.0. The molecule has 0 radical (unpaired) electrons. The first-order valence-electron chi connectivity index (χ1n) is 9.76. The Balaban J connectivity index is 1.62. The molecule has 158 valence electrons. The van der Waals surface area contributed by atoms with Crippen molar-refractivity contribution in [2.45, 2.75) is 19.0 Å². The fourth-order valence-corrected chi connectivity index (χ4v) is 3.83. The second-order valence-electron chi connectivity index (χ2n) is 7.09. The van der Waals surface area contributed by atoms with Crippen LogP contribution in [0.15, 0.2) is 83.2 Å². The molecule has 1 aliphatic rings. The van der Waals surface area contributed by atoms with Gasteiger partial charge in [0.25, 0.3) is 5.91 Å². The van der Waals surface area contributed by atoms with Crippen LogP contribution >= 0.6 is 11.6 Å². The Morgan fingerprint density at radius 3 is 2.84 bits per heavy atom. The minimum absolute atomic E-state index is 0.0257. The van der Waals surface area contributed by atoms with Crippen molar-refractivity contribution in [3.8, 4) is 0 Å². The first kappa shape index (κ1) is 20.7. The van der Waals surface area contributed by atoms with Crippen LogP contribution in [0.4, 0.5) is 0 Å². The molecule has 8 heteroatoms. The van der Waals surface area contributed by atoms with Gasteiger partial charge in [-0.2, -0.15) is 0 Å². The van der Waals surface area contributed by atoms with Crippen LogP contribution < -0.4 is 0 Å². The normalized spacial score (nSPS) is 16.6. The van der Waals surface area contributed by atoms with Gasteiger partial charge in [0.15, 0.2) is 11.5 Å². The first-order chi connectivity index (χ1) is 15.0. The number of furan rings is 1. The highest BCUT2D eigenvalue weighted by molar-refractivity contribution is 6.30. The highest BCUT2D eigenvalue weighted by Crippen LogP contribution is 2.38. The Kier molecular flexibility index (Phi) is 6.04. The summed E-state index contributed by atoms with van der Waals surface area (Å²) in [6, 6.07) is 9.63. The molecule has 1 N–H and O–H groups in total. The molecule has 0 bridgehead atoms. The topological polar surface area (TPSA) is 88.6 Å². The Morgan fingerprint density at radius 1 is 1.26 bits per heavy atom. The van der Waals surface area contributed by atoms with E-state index < -0.39 is 23.5 Å².